The number of morpholine rings is 1. The first-order chi connectivity index (χ1) is 8.31. The van der Waals surface area contributed by atoms with Gasteiger partial charge in [0.15, 0.2) is 0 Å². The molecule has 0 bridgehead atoms. The molecule has 1 aliphatic heterocycles. The molecule has 0 saturated carbocycles. The second-order valence-corrected chi connectivity index (χ2v) is 4.21. The molecular weight excluding hydrogens is 218 g/mol. The first-order valence-corrected chi connectivity index (χ1v) is 5.89. The molecule has 2 N–H and O–H groups in total. The smallest absolute Gasteiger partial charge is 0.125 e. The van der Waals surface area contributed by atoms with Crippen LogP contribution in [-0.4, -0.2) is 54.4 Å². The number of ether oxygens (including phenoxy) is 1. The largest absolute Gasteiger partial charge is 0.394 e. The van der Waals surface area contributed by atoms with Crippen LogP contribution in [0.4, 0.5) is 5.82 Å². The molecular formula is C12H19N3O2. The maximum absolute atomic E-state index is 9.07. The van der Waals surface area contributed by atoms with Crippen LogP contribution in [0.25, 0.3) is 0 Å². The molecule has 0 amide bonds. The molecule has 1 aliphatic rings. The van der Waals surface area contributed by atoms with Gasteiger partial charge in [0.25, 0.3) is 0 Å². The third kappa shape index (κ3) is 3.39. The minimum absolute atomic E-state index is 0.0479. The van der Waals surface area contributed by atoms with Crippen molar-refractivity contribution in [2.24, 2.45) is 0 Å². The Kier molecular flexibility index (Phi) is 4.30. The summed E-state index contributed by atoms with van der Waals surface area (Å²) in [4.78, 5) is 6.56. The van der Waals surface area contributed by atoms with Crippen LogP contribution >= 0.6 is 0 Å². The summed E-state index contributed by atoms with van der Waals surface area (Å²) < 4.78 is 5.41. The normalized spacial score (nSPS) is 21.4. The van der Waals surface area contributed by atoms with Crippen molar-refractivity contribution in [1.82, 2.24) is 9.88 Å². The number of aliphatic hydroxyl groups excluding tert-OH is 1. The molecule has 2 rings (SSSR count). The lowest BCUT2D eigenvalue weighted by Crippen LogP contribution is -2.43. The van der Waals surface area contributed by atoms with E-state index in [1.54, 1.807) is 0 Å². The molecule has 5 nitrogen and oxygen atoms in total. The summed E-state index contributed by atoms with van der Waals surface area (Å²) >= 11 is 0. The van der Waals surface area contributed by atoms with Crippen molar-refractivity contribution >= 4 is 5.82 Å². The SMILES string of the molecule is CNc1ccc(CN2CCOC(CO)C2)cn1. The minimum atomic E-state index is -0.0479. The standard InChI is InChI=1S/C12H19N3O2/c1-13-12-3-2-10(6-14-12)7-15-4-5-17-11(8-15)9-16/h2-3,6,11,16H,4-5,7-9H2,1H3,(H,13,14). The average Bonchev–Trinajstić information content (AvgIpc) is 2.40. The Balaban J connectivity index is 1.90. The van der Waals surface area contributed by atoms with Gasteiger partial charge in [-0.1, -0.05) is 6.07 Å². The Morgan fingerprint density at radius 1 is 1.59 bits per heavy atom. The summed E-state index contributed by atoms with van der Waals surface area (Å²) in [6, 6.07) is 4.04. The van der Waals surface area contributed by atoms with Crippen LogP contribution in [0, 0.1) is 0 Å². The van der Waals surface area contributed by atoms with Gasteiger partial charge in [0.2, 0.25) is 0 Å². The third-order valence-electron chi connectivity index (χ3n) is 2.91. The Hall–Kier alpha value is -1.17. The van der Waals surface area contributed by atoms with Gasteiger partial charge in [0.05, 0.1) is 19.3 Å². The van der Waals surface area contributed by atoms with E-state index in [2.05, 4.69) is 21.3 Å². The van der Waals surface area contributed by atoms with Crippen LogP contribution in [0.3, 0.4) is 0 Å². The van der Waals surface area contributed by atoms with Crippen LogP contribution in [0.15, 0.2) is 18.3 Å². The number of aromatic nitrogens is 1. The zero-order chi connectivity index (χ0) is 12.1. The lowest BCUT2D eigenvalue weighted by molar-refractivity contribution is -0.0551. The van der Waals surface area contributed by atoms with E-state index in [0.29, 0.717) is 6.61 Å². The molecule has 0 radical (unpaired) electrons. The lowest BCUT2D eigenvalue weighted by atomic mass is 10.2. The maximum atomic E-state index is 9.07. The zero-order valence-electron chi connectivity index (χ0n) is 10.1. The van der Waals surface area contributed by atoms with E-state index in [4.69, 9.17) is 9.84 Å². The first-order valence-electron chi connectivity index (χ1n) is 5.89. The van der Waals surface area contributed by atoms with E-state index in [-0.39, 0.29) is 12.7 Å². The van der Waals surface area contributed by atoms with Crippen LogP contribution in [0.1, 0.15) is 5.56 Å². The van der Waals surface area contributed by atoms with Gasteiger partial charge in [-0.3, -0.25) is 4.90 Å². The molecule has 1 fully saturated rings. The number of pyridine rings is 1. The summed E-state index contributed by atoms with van der Waals surface area (Å²) in [5.74, 6) is 0.879. The van der Waals surface area contributed by atoms with E-state index in [9.17, 15) is 0 Å². The molecule has 0 aliphatic carbocycles. The zero-order valence-corrected chi connectivity index (χ0v) is 10.1. The average molecular weight is 237 g/mol. The molecule has 2 heterocycles. The van der Waals surface area contributed by atoms with Gasteiger partial charge >= 0.3 is 0 Å². The molecule has 94 valence electrons. The number of aliphatic hydroxyl groups is 1. The summed E-state index contributed by atoms with van der Waals surface area (Å²) in [7, 11) is 1.86. The predicted octanol–water partition coefficient (Wildman–Crippen LogP) is 0.316. The van der Waals surface area contributed by atoms with Crippen molar-refractivity contribution in [2.45, 2.75) is 12.6 Å². The van der Waals surface area contributed by atoms with E-state index in [1.807, 2.05) is 19.3 Å². The highest BCUT2D eigenvalue weighted by Gasteiger charge is 2.19. The number of nitrogens with one attached hydrogen (secondary N) is 1. The lowest BCUT2D eigenvalue weighted by Gasteiger charge is -2.31. The van der Waals surface area contributed by atoms with Crippen molar-refractivity contribution < 1.29 is 9.84 Å². The molecule has 0 spiro atoms. The summed E-state index contributed by atoms with van der Waals surface area (Å²) in [5.41, 5.74) is 1.18. The molecule has 17 heavy (non-hydrogen) atoms. The minimum Gasteiger partial charge on any atom is -0.394 e. The van der Waals surface area contributed by atoms with Crippen molar-refractivity contribution in [3.63, 3.8) is 0 Å². The van der Waals surface area contributed by atoms with Crippen LogP contribution in [0.5, 0.6) is 0 Å². The van der Waals surface area contributed by atoms with Gasteiger partial charge in [-0.25, -0.2) is 4.98 Å². The Morgan fingerprint density at radius 2 is 2.47 bits per heavy atom. The van der Waals surface area contributed by atoms with E-state index in [0.717, 1.165) is 25.5 Å². The van der Waals surface area contributed by atoms with Gasteiger partial charge < -0.3 is 15.2 Å². The van der Waals surface area contributed by atoms with Crippen molar-refractivity contribution in [3.8, 4) is 0 Å². The summed E-state index contributed by atoms with van der Waals surface area (Å²) in [6.45, 7) is 3.33. The second-order valence-electron chi connectivity index (χ2n) is 4.21. The maximum Gasteiger partial charge on any atom is 0.125 e. The van der Waals surface area contributed by atoms with Gasteiger partial charge in [0.1, 0.15) is 5.82 Å². The molecule has 1 unspecified atom stereocenters. The molecule has 0 aromatic carbocycles. The first kappa shape index (κ1) is 12.3. The fraction of sp³-hybridized carbons (Fsp3) is 0.583. The van der Waals surface area contributed by atoms with Gasteiger partial charge in [-0.15, -0.1) is 0 Å². The number of nitrogens with zero attached hydrogens (tertiary/aromatic N) is 2. The quantitative estimate of drug-likeness (QED) is 0.789. The Labute approximate surface area is 101 Å². The topological polar surface area (TPSA) is 57.6 Å². The Bertz CT molecular complexity index is 342. The third-order valence-corrected chi connectivity index (χ3v) is 2.91. The van der Waals surface area contributed by atoms with Crippen molar-refractivity contribution in [2.75, 3.05) is 38.7 Å². The predicted molar refractivity (Wildman–Crippen MR) is 65.9 cm³/mol. The number of hydrogen-bond donors (Lipinski definition) is 2. The number of hydrogen-bond acceptors (Lipinski definition) is 5. The Morgan fingerprint density at radius 3 is 3.12 bits per heavy atom. The molecule has 1 aromatic rings. The highest BCUT2D eigenvalue weighted by molar-refractivity contribution is 5.34. The van der Waals surface area contributed by atoms with Crippen LogP contribution in [0.2, 0.25) is 0 Å². The van der Waals surface area contributed by atoms with Crippen LogP contribution in [-0.2, 0) is 11.3 Å². The fourth-order valence-electron chi connectivity index (χ4n) is 1.96. The summed E-state index contributed by atoms with van der Waals surface area (Å²) in [6.07, 6.45) is 1.84. The van der Waals surface area contributed by atoms with E-state index < -0.39 is 0 Å². The van der Waals surface area contributed by atoms with Crippen LogP contribution < -0.4 is 5.32 Å². The number of anilines is 1. The number of rotatable bonds is 4. The van der Waals surface area contributed by atoms with Crippen molar-refractivity contribution in [1.29, 1.82) is 0 Å². The van der Waals surface area contributed by atoms with Crippen molar-refractivity contribution in [3.05, 3.63) is 23.9 Å². The summed E-state index contributed by atoms with van der Waals surface area (Å²) in [5, 5.41) is 12.1. The second kappa shape index (κ2) is 5.95. The van der Waals surface area contributed by atoms with E-state index >= 15 is 0 Å². The monoisotopic (exact) mass is 237 g/mol. The molecule has 1 aromatic heterocycles. The van der Waals surface area contributed by atoms with Gasteiger partial charge in [-0.2, -0.15) is 0 Å². The fourth-order valence-corrected chi connectivity index (χ4v) is 1.96. The van der Waals surface area contributed by atoms with Gasteiger partial charge in [-0.05, 0) is 11.6 Å². The highest BCUT2D eigenvalue weighted by Crippen LogP contribution is 2.11. The molecule has 1 atom stereocenters. The highest BCUT2D eigenvalue weighted by atomic mass is 16.5. The van der Waals surface area contributed by atoms with Gasteiger partial charge in [0, 0.05) is 32.9 Å². The molecule has 1 saturated heterocycles. The molecule has 5 heteroatoms. The van der Waals surface area contributed by atoms with E-state index in [1.165, 1.54) is 5.56 Å².